The van der Waals surface area contributed by atoms with Gasteiger partial charge in [-0.05, 0) is 71.1 Å². The van der Waals surface area contributed by atoms with E-state index >= 15 is 0 Å². The van der Waals surface area contributed by atoms with Crippen LogP contribution in [0.2, 0.25) is 0 Å². The molecule has 32 heavy (non-hydrogen) atoms. The van der Waals surface area contributed by atoms with Crippen molar-refractivity contribution in [3.05, 3.63) is 29.8 Å². The third-order valence-corrected chi connectivity index (χ3v) is 5.06. The van der Waals surface area contributed by atoms with E-state index in [1.54, 1.807) is 16.8 Å². The first kappa shape index (κ1) is 25.5. The molecule has 0 radical (unpaired) electrons. The molecule has 0 bridgehead atoms. The number of hydrogen-bond acceptors (Lipinski definition) is 4. The van der Waals surface area contributed by atoms with Crippen molar-refractivity contribution < 1.29 is 19.1 Å². The summed E-state index contributed by atoms with van der Waals surface area (Å²) in [5, 5.41) is 5.80. The second-order valence-electron chi connectivity index (χ2n) is 9.84. The quantitative estimate of drug-likeness (QED) is 0.694. The van der Waals surface area contributed by atoms with Gasteiger partial charge < -0.3 is 25.2 Å². The second-order valence-corrected chi connectivity index (χ2v) is 9.84. The molecule has 1 aliphatic heterocycles. The van der Waals surface area contributed by atoms with Gasteiger partial charge in [0.25, 0.3) is 0 Å². The summed E-state index contributed by atoms with van der Waals surface area (Å²) >= 11 is 0. The van der Waals surface area contributed by atoms with Crippen LogP contribution in [0.15, 0.2) is 24.3 Å². The number of amides is 4. The first-order valence-electron chi connectivity index (χ1n) is 11.3. The van der Waals surface area contributed by atoms with E-state index in [-0.39, 0.29) is 30.0 Å². The molecule has 0 aliphatic carbocycles. The van der Waals surface area contributed by atoms with Gasteiger partial charge in [-0.15, -0.1) is 0 Å². The van der Waals surface area contributed by atoms with Gasteiger partial charge in [-0.2, -0.15) is 0 Å². The van der Waals surface area contributed by atoms with Crippen molar-refractivity contribution in [2.24, 2.45) is 5.92 Å². The molecule has 1 aromatic carbocycles. The summed E-state index contributed by atoms with van der Waals surface area (Å²) in [6, 6.07) is 7.29. The summed E-state index contributed by atoms with van der Waals surface area (Å²) < 4.78 is 5.42. The number of nitrogens with one attached hydrogen (secondary N) is 2. The Bertz CT molecular complexity index is 786. The standard InChI is InChI=1S/C24H38N4O4/c1-17(2)25-21(29)14-18-9-11-20(12-10-18)26-22(30)28-13-7-8-19(16-28)15-27(6)23(31)32-24(3,4)5/h9-12,17,19H,7-8,13-16H2,1-6H3,(H,25,29)(H,26,30). The highest BCUT2D eigenvalue weighted by Gasteiger charge is 2.27. The minimum absolute atomic E-state index is 0.0208. The minimum atomic E-state index is -0.530. The number of nitrogens with zero attached hydrogens (tertiary/aromatic N) is 2. The summed E-state index contributed by atoms with van der Waals surface area (Å²) in [5.41, 5.74) is 1.05. The van der Waals surface area contributed by atoms with Crippen LogP contribution in [0.3, 0.4) is 0 Å². The molecule has 1 heterocycles. The third kappa shape index (κ3) is 8.77. The predicted molar refractivity (Wildman–Crippen MR) is 126 cm³/mol. The molecule has 1 aliphatic rings. The summed E-state index contributed by atoms with van der Waals surface area (Å²) in [5.74, 6) is 0.182. The molecular weight excluding hydrogens is 408 g/mol. The Morgan fingerprint density at radius 3 is 2.44 bits per heavy atom. The van der Waals surface area contributed by atoms with Crippen LogP contribution in [-0.4, -0.2) is 66.2 Å². The van der Waals surface area contributed by atoms with Gasteiger partial charge in [-0.1, -0.05) is 12.1 Å². The molecule has 2 rings (SSSR count). The van der Waals surface area contributed by atoms with Gasteiger partial charge in [-0.3, -0.25) is 4.79 Å². The van der Waals surface area contributed by atoms with E-state index < -0.39 is 5.60 Å². The fourth-order valence-corrected chi connectivity index (χ4v) is 3.67. The van der Waals surface area contributed by atoms with Gasteiger partial charge in [0.2, 0.25) is 5.91 Å². The number of urea groups is 1. The molecule has 8 heteroatoms. The summed E-state index contributed by atoms with van der Waals surface area (Å²) in [7, 11) is 1.73. The summed E-state index contributed by atoms with van der Waals surface area (Å²) in [6.07, 6.45) is 1.82. The van der Waals surface area contributed by atoms with Gasteiger partial charge in [0.05, 0.1) is 6.42 Å². The van der Waals surface area contributed by atoms with Crippen LogP contribution in [0.25, 0.3) is 0 Å². The van der Waals surface area contributed by atoms with E-state index in [1.165, 1.54) is 0 Å². The highest BCUT2D eigenvalue weighted by molar-refractivity contribution is 5.89. The Balaban J connectivity index is 1.85. The minimum Gasteiger partial charge on any atom is -0.444 e. The van der Waals surface area contributed by atoms with E-state index in [2.05, 4.69) is 10.6 Å². The number of carbonyl (C=O) groups is 3. The maximum atomic E-state index is 12.7. The van der Waals surface area contributed by atoms with Gasteiger partial charge in [0, 0.05) is 38.4 Å². The molecule has 1 saturated heterocycles. The lowest BCUT2D eigenvalue weighted by Gasteiger charge is -2.35. The zero-order valence-corrected chi connectivity index (χ0v) is 20.2. The zero-order valence-electron chi connectivity index (χ0n) is 20.2. The largest absolute Gasteiger partial charge is 0.444 e. The fourth-order valence-electron chi connectivity index (χ4n) is 3.67. The molecule has 8 nitrogen and oxygen atoms in total. The summed E-state index contributed by atoms with van der Waals surface area (Å²) in [4.78, 5) is 40.2. The van der Waals surface area contributed by atoms with E-state index in [1.807, 2.05) is 58.9 Å². The Morgan fingerprint density at radius 1 is 1.19 bits per heavy atom. The molecule has 4 amide bonds. The molecule has 2 N–H and O–H groups in total. The van der Waals surface area contributed by atoms with Gasteiger partial charge in [0.15, 0.2) is 0 Å². The van der Waals surface area contributed by atoms with E-state index in [0.29, 0.717) is 31.7 Å². The fraction of sp³-hybridized carbons (Fsp3) is 0.625. The van der Waals surface area contributed by atoms with E-state index in [4.69, 9.17) is 4.74 Å². The Hall–Kier alpha value is -2.77. The molecular formula is C24H38N4O4. The molecule has 178 valence electrons. The molecule has 0 aromatic heterocycles. The highest BCUT2D eigenvalue weighted by atomic mass is 16.6. The average Bonchev–Trinajstić information content (AvgIpc) is 2.67. The smallest absolute Gasteiger partial charge is 0.410 e. The first-order chi connectivity index (χ1) is 14.9. The van der Waals surface area contributed by atoms with Crippen LogP contribution in [0.4, 0.5) is 15.3 Å². The first-order valence-corrected chi connectivity index (χ1v) is 11.3. The third-order valence-electron chi connectivity index (χ3n) is 5.06. The number of likely N-dealkylation sites (tertiary alicyclic amines) is 1. The van der Waals surface area contributed by atoms with Crippen molar-refractivity contribution in [1.82, 2.24) is 15.1 Å². The van der Waals surface area contributed by atoms with Gasteiger partial charge in [0.1, 0.15) is 5.60 Å². The molecule has 0 saturated carbocycles. The number of hydrogen-bond donors (Lipinski definition) is 2. The second kappa shape index (κ2) is 11.2. The van der Waals surface area contributed by atoms with Gasteiger partial charge in [-0.25, -0.2) is 9.59 Å². The zero-order chi connectivity index (χ0) is 23.9. The lowest BCUT2D eigenvalue weighted by Crippen LogP contribution is -2.46. The lowest BCUT2D eigenvalue weighted by molar-refractivity contribution is -0.120. The van der Waals surface area contributed by atoms with E-state index in [0.717, 1.165) is 18.4 Å². The molecule has 1 atom stereocenters. The normalized spacial score (nSPS) is 16.5. The van der Waals surface area contributed by atoms with E-state index in [9.17, 15) is 14.4 Å². The maximum absolute atomic E-state index is 12.7. The SMILES string of the molecule is CC(C)NC(=O)Cc1ccc(NC(=O)N2CCCC(CN(C)C(=O)OC(C)(C)C)C2)cc1. The number of ether oxygens (including phenoxy) is 1. The van der Waals surface area contributed by atoms with Crippen LogP contribution in [0.1, 0.15) is 53.0 Å². The summed E-state index contributed by atoms with van der Waals surface area (Å²) in [6.45, 7) is 11.2. The van der Waals surface area contributed by atoms with Crippen molar-refractivity contribution >= 4 is 23.7 Å². The number of anilines is 1. The van der Waals surface area contributed by atoms with Crippen molar-refractivity contribution in [2.75, 3.05) is 32.0 Å². The molecule has 0 spiro atoms. The number of piperidine rings is 1. The molecule has 1 fully saturated rings. The monoisotopic (exact) mass is 446 g/mol. The predicted octanol–water partition coefficient (Wildman–Crippen LogP) is 3.86. The number of benzene rings is 1. The van der Waals surface area contributed by atoms with Crippen molar-refractivity contribution in [3.8, 4) is 0 Å². The highest BCUT2D eigenvalue weighted by Crippen LogP contribution is 2.20. The molecule has 1 unspecified atom stereocenters. The maximum Gasteiger partial charge on any atom is 0.410 e. The van der Waals surface area contributed by atoms with Gasteiger partial charge >= 0.3 is 12.1 Å². The van der Waals surface area contributed by atoms with Crippen molar-refractivity contribution in [1.29, 1.82) is 0 Å². The van der Waals surface area contributed by atoms with Crippen LogP contribution in [0, 0.1) is 5.92 Å². The van der Waals surface area contributed by atoms with Crippen LogP contribution in [0.5, 0.6) is 0 Å². The topological polar surface area (TPSA) is 91.0 Å². The Kier molecular flexibility index (Phi) is 8.92. The van der Waals surface area contributed by atoms with Crippen molar-refractivity contribution in [3.63, 3.8) is 0 Å². The van der Waals surface area contributed by atoms with Crippen LogP contribution in [-0.2, 0) is 16.0 Å². The average molecular weight is 447 g/mol. The Morgan fingerprint density at radius 2 is 1.84 bits per heavy atom. The lowest BCUT2D eigenvalue weighted by atomic mass is 9.98. The Labute approximate surface area is 191 Å². The van der Waals surface area contributed by atoms with Crippen molar-refractivity contribution in [2.45, 2.75) is 65.5 Å². The number of carbonyl (C=O) groups excluding carboxylic acids is 3. The van der Waals surface area contributed by atoms with Crippen LogP contribution < -0.4 is 10.6 Å². The number of rotatable bonds is 6. The molecule has 1 aromatic rings. The van der Waals surface area contributed by atoms with Crippen LogP contribution >= 0.6 is 0 Å².